The quantitative estimate of drug-likeness (QED) is 0.733. The molecule has 0 bridgehead atoms. The van der Waals surface area contributed by atoms with Crippen molar-refractivity contribution in [3.8, 4) is 22.8 Å². The molecule has 2 aliphatic heterocycles. The summed E-state index contributed by atoms with van der Waals surface area (Å²) in [4.78, 5) is 16.1. The molecule has 0 aliphatic carbocycles. The summed E-state index contributed by atoms with van der Waals surface area (Å²) >= 11 is 0. The normalized spacial score (nSPS) is 19.2. The molecule has 0 amide bonds. The predicted molar refractivity (Wildman–Crippen MR) is 92.5 cm³/mol. The summed E-state index contributed by atoms with van der Waals surface area (Å²) in [6.07, 6.45) is 8.22. The minimum Gasteiger partial charge on any atom is -0.337 e. The zero-order chi connectivity index (χ0) is 16.7. The van der Waals surface area contributed by atoms with E-state index in [1.54, 1.807) is 6.20 Å². The van der Waals surface area contributed by atoms with Crippen LogP contribution >= 0.6 is 0 Å². The predicted octanol–water partition coefficient (Wildman–Crippen LogP) is 3.28. The molecule has 0 N–H and O–H groups in total. The van der Waals surface area contributed by atoms with Crippen molar-refractivity contribution in [2.24, 2.45) is 0 Å². The molecule has 126 valence electrons. The van der Waals surface area contributed by atoms with Crippen LogP contribution in [0.15, 0.2) is 47.2 Å². The summed E-state index contributed by atoms with van der Waals surface area (Å²) in [7, 11) is 0. The summed E-state index contributed by atoms with van der Waals surface area (Å²) in [5.41, 5.74) is 2.58. The first kappa shape index (κ1) is 14.7. The Morgan fingerprint density at radius 3 is 2.56 bits per heavy atom. The smallest absolute Gasteiger partial charge is 0.247 e. The first-order valence-corrected chi connectivity index (χ1v) is 8.82. The molecular weight excluding hydrogens is 314 g/mol. The van der Waals surface area contributed by atoms with Crippen molar-refractivity contribution >= 4 is 0 Å². The first-order valence-electron chi connectivity index (χ1n) is 8.82. The minimum absolute atomic E-state index is 0.0286. The molecule has 0 radical (unpaired) electrons. The van der Waals surface area contributed by atoms with Crippen LogP contribution in [0.3, 0.4) is 0 Å². The second-order valence-electron chi connectivity index (χ2n) is 6.80. The van der Waals surface area contributed by atoms with Crippen molar-refractivity contribution in [1.82, 2.24) is 25.0 Å². The fourth-order valence-electron chi connectivity index (χ4n) is 4.18. The summed E-state index contributed by atoms with van der Waals surface area (Å²) in [5.74, 6) is 1.32. The standard InChI is InChI=1S/C19H19N5O/c1-2-10-20-15(5-1)14-6-7-16(21-13-14)17-22-18(25-23-17)19-8-3-11-24(19)12-4-9-19/h1-2,5-7,10,13H,3-4,8-9,11-12H2. The minimum atomic E-state index is -0.0286. The van der Waals surface area contributed by atoms with Crippen molar-refractivity contribution in [1.29, 1.82) is 0 Å². The summed E-state index contributed by atoms with van der Waals surface area (Å²) in [6, 6.07) is 9.77. The number of hydrogen-bond donors (Lipinski definition) is 0. The van der Waals surface area contributed by atoms with Crippen molar-refractivity contribution in [2.75, 3.05) is 13.1 Å². The van der Waals surface area contributed by atoms with E-state index in [1.165, 1.54) is 12.8 Å². The lowest BCUT2D eigenvalue weighted by Gasteiger charge is -2.27. The number of aromatic nitrogens is 4. The third kappa shape index (κ3) is 2.36. The average Bonchev–Trinajstić information content (AvgIpc) is 3.38. The molecular formula is C19H19N5O. The van der Waals surface area contributed by atoms with Gasteiger partial charge in [-0.15, -0.1) is 0 Å². The van der Waals surface area contributed by atoms with Crippen LogP contribution in [0.25, 0.3) is 22.8 Å². The average molecular weight is 333 g/mol. The van der Waals surface area contributed by atoms with Gasteiger partial charge in [0.2, 0.25) is 11.7 Å². The van der Waals surface area contributed by atoms with Crippen LogP contribution in [0.5, 0.6) is 0 Å². The highest BCUT2D eigenvalue weighted by atomic mass is 16.5. The molecule has 5 rings (SSSR count). The Bertz CT molecular complexity index is 864. The lowest BCUT2D eigenvalue weighted by molar-refractivity contribution is 0.143. The topological polar surface area (TPSA) is 67.9 Å². The maximum absolute atomic E-state index is 5.67. The Hall–Kier alpha value is -2.60. The highest BCUT2D eigenvalue weighted by molar-refractivity contribution is 5.60. The molecule has 0 atom stereocenters. The summed E-state index contributed by atoms with van der Waals surface area (Å²) < 4.78 is 5.67. The van der Waals surface area contributed by atoms with E-state index in [0.717, 1.165) is 48.8 Å². The number of pyridine rings is 2. The van der Waals surface area contributed by atoms with Gasteiger partial charge in [0, 0.05) is 18.0 Å². The molecule has 0 spiro atoms. The number of hydrogen-bond acceptors (Lipinski definition) is 6. The van der Waals surface area contributed by atoms with E-state index in [-0.39, 0.29) is 5.54 Å². The van der Waals surface area contributed by atoms with E-state index in [0.29, 0.717) is 5.82 Å². The van der Waals surface area contributed by atoms with E-state index in [1.807, 2.05) is 36.5 Å². The van der Waals surface area contributed by atoms with Crippen LogP contribution in [0.2, 0.25) is 0 Å². The fraction of sp³-hybridized carbons (Fsp3) is 0.368. The van der Waals surface area contributed by atoms with Crippen LogP contribution < -0.4 is 0 Å². The van der Waals surface area contributed by atoms with Gasteiger partial charge in [-0.25, -0.2) is 0 Å². The van der Waals surface area contributed by atoms with E-state index >= 15 is 0 Å². The molecule has 5 heterocycles. The third-order valence-electron chi connectivity index (χ3n) is 5.42. The molecule has 3 aromatic heterocycles. The van der Waals surface area contributed by atoms with Gasteiger partial charge in [-0.05, 0) is 63.0 Å². The number of rotatable bonds is 3. The Balaban J connectivity index is 1.44. The van der Waals surface area contributed by atoms with Gasteiger partial charge in [-0.2, -0.15) is 4.98 Å². The van der Waals surface area contributed by atoms with E-state index in [9.17, 15) is 0 Å². The maximum Gasteiger partial charge on any atom is 0.247 e. The Morgan fingerprint density at radius 2 is 1.84 bits per heavy atom. The van der Waals surface area contributed by atoms with E-state index in [4.69, 9.17) is 9.51 Å². The molecule has 6 heteroatoms. The largest absolute Gasteiger partial charge is 0.337 e. The second kappa shape index (κ2) is 5.74. The molecule has 25 heavy (non-hydrogen) atoms. The SMILES string of the molecule is c1ccc(-c2ccc(-c3noc(C45CCCN4CCC5)n3)nc2)nc1. The van der Waals surface area contributed by atoms with Crippen molar-refractivity contribution in [3.63, 3.8) is 0 Å². The van der Waals surface area contributed by atoms with Gasteiger partial charge in [-0.1, -0.05) is 11.2 Å². The van der Waals surface area contributed by atoms with Gasteiger partial charge in [0.15, 0.2) is 0 Å². The molecule has 0 unspecified atom stereocenters. The van der Waals surface area contributed by atoms with Gasteiger partial charge in [-0.3, -0.25) is 14.9 Å². The van der Waals surface area contributed by atoms with Gasteiger partial charge < -0.3 is 4.52 Å². The molecule has 2 saturated heterocycles. The van der Waals surface area contributed by atoms with Gasteiger partial charge >= 0.3 is 0 Å². The zero-order valence-corrected chi connectivity index (χ0v) is 13.9. The van der Waals surface area contributed by atoms with Crippen LogP contribution in [-0.4, -0.2) is 38.1 Å². The monoisotopic (exact) mass is 333 g/mol. The van der Waals surface area contributed by atoms with Crippen LogP contribution in [0, 0.1) is 0 Å². The van der Waals surface area contributed by atoms with Crippen LogP contribution in [0.4, 0.5) is 0 Å². The molecule has 2 fully saturated rings. The lowest BCUT2D eigenvalue weighted by atomic mass is 9.94. The van der Waals surface area contributed by atoms with Crippen molar-refractivity contribution < 1.29 is 4.52 Å². The maximum atomic E-state index is 5.67. The summed E-state index contributed by atoms with van der Waals surface area (Å²) in [5, 5.41) is 4.20. The van der Waals surface area contributed by atoms with E-state index in [2.05, 4.69) is 20.0 Å². The second-order valence-corrected chi connectivity index (χ2v) is 6.80. The van der Waals surface area contributed by atoms with Gasteiger partial charge in [0.1, 0.15) is 11.2 Å². The lowest BCUT2D eigenvalue weighted by Crippen LogP contribution is -2.35. The van der Waals surface area contributed by atoms with Crippen LogP contribution in [-0.2, 0) is 5.54 Å². The van der Waals surface area contributed by atoms with Crippen molar-refractivity contribution in [3.05, 3.63) is 48.6 Å². The van der Waals surface area contributed by atoms with Gasteiger partial charge in [0.05, 0.1) is 5.69 Å². The Labute approximate surface area is 145 Å². The third-order valence-corrected chi connectivity index (χ3v) is 5.42. The molecule has 0 saturated carbocycles. The summed E-state index contributed by atoms with van der Waals surface area (Å²) in [6.45, 7) is 2.27. The zero-order valence-electron chi connectivity index (χ0n) is 13.9. The Morgan fingerprint density at radius 1 is 0.960 bits per heavy atom. The molecule has 3 aromatic rings. The van der Waals surface area contributed by atoms with Gasteiger partial charge in [0.25, 0.3) is 0 Å². The highest BCUT2D eigenvalue weighted by Crippen LogP contribution is 2.46. The molecule has 6 nitrogen and oxygen atoms in total. The number of fused-ring (bicyclic) bond motifs is 1. The highest BCUT2D eigenvalue weighted by Gasteiger charge is 2.49. The van der Waals surface area contributed by atoms with E-state index < -0.39 is 0 Å². The molecule has 0 aromatic carbocycles. The van der Waals surface area contributed by atoms with Crippen molar-refractivity contribution in [2.45, 2.75) is 31.2 Å². The molecule has 2 aliphatic rings. The first-order chi connectivity index (χ1) is 12.4. The Kier molecular flexibility index (Phi) is 3.38. The fourth-order valence-corrected chi connectivity index (χ4v) is 4.18. The van der Waals surface area contributed by atoms with Crippen LogP contribution in [0.1, 0.15) is 31.6 Å². The number of nitrogens with zero attached hydrogens (tertiary/aromatic N) is 5.